The fraction of sp³-hybridized carbons (Fsp3) is 0.200. The second-order valence-corrected chi connectivity index (χ2v) is 3.30. The second-order valence-electron chi connectivity index (χ2n) is 3.30. The first-order valence-electron chi connectivity index (χ1n) is 4.49. The molecule has 0 saturated carbocycles. The lowest BCUT2D eigenvalue weighted by Gasteiger charge is -2.14. The Morgan fingerprint density at radius 3 is 3.08 bits per heavy atom. The molecule has 2 heterocycles. The van der Waals surface area contributed by atoms with E-state index in [0.717, 1.165) is 13.2 Å². The second kappa shape index (κ2) is 2.50. The zero-order valence-electron chi connectivity index (χ0n) is 7.22. The number of aromatic nitrogens is 1. The highest BCUT2D eigenvalue weighted by molar-refractivity contribution is 5.89. The number of hydrogen-bond acceptors (Lipinski definition) is 2. The van der Waals surface area contributed by atoms with Gasteiger partial charge in [0.05, 0.1) is 6.67 Å². The van der Waals surface area contributed by atoms with Gasteiger partial charge in [-0.15, -0.1) is 0 Å². The van der Waals surface area contributed by atoms with Crippen molar-refractivity contribution >= 4 is 16.7 Å². The Morgan fingerprint density at radius 1 is 1.15 bits per heavy atom. The maximum Gasteiger partial charge on any atom is 0.109 e. The van der Waals surface area contributed by atoms with E-state index in [1.165, 1.54) is 22.3 Å². The molecular formula is C10H11N3. The van der Waals surface area contributed by atoms with Crippen LogP contribution in [0.1, 0.15) is 5.56 Å². The molecule has 3 heteroatoms. The van der Waals surface area contributed by atoms with Crippen molar-refractivity contribution in [2.24, 2.45) is 0 Å². The third-order valence-corrected chi connectivity index (χ3v) is 2.51. The molecule has 1 aromatic heterocycles. The van der Waals surface area contributed by atoms with E-state index in [1.54, 1.807) is 0 Å². The van der Waals surface area contributed by atoms with E-state index in [4.69, 9.17) is 0 Å². The maximum atomic E-state index is 3.36. The lowest BCUT2D eigenvalue weighted by atomic mass is 10.1. The van der Waals surface area contributed by atoms with Gasteiger partial charge in [0.2, 0.25) is 0 Å². The van der Waals surface area contributed by atoms with Crippen LogP contribution in [0.15, 0.2) is 24.3 Å². The van der Waals surface area contributed by atoms with Crippen molar-refractivity contribution in [3.63, 3.8) is 0 Å². The largest absolute Gasteiger partial charge is 0.359 e. The van der Waals surface area contributed by atoms with Crippen molar-refractivity contribution in [3.8, 4) is 0 Å². The number of anilines is 1. The summed E-state index contributed by atoms with van der Waals surface area (Å²) < 4.78 is 0. The molecule has 1 aliphatic heterocycles. The van der Waals surface area contributed by atoms with Gasteiger partial charge in [-0.3, -0.25) is 5.32 Å². The van der Waals surface area contributed by atoms with Crippen LogP contribution in [-0.2, 0) is 6.54 Å². The molecule has 66 valence electrons. The minimum Gasteiger partial charge on any atom is -0.359 e. The first kappa shape index (κ1) is 6.97. The van der Waals surface area contributed by atoms with Gasteiger partial charge in [-0.25, -0.2) is 0 Å². The number of hydrogen-bond donors (Lipinski definition) is 3. The first-order valence-corrected chi connectivity index (χ1v) is 4.49. The van der Waals surface area contributed by atoms with Gasteiger partial charge in [-0.2, -0.15) is 0 Å². The van der Waals surface area contributed by atoms with E-state index in [0.29, 0.717) is 0 Å². The summed E-state index contributed by atoms with van der Waals surface area (Å²) in [6.45, 7) is 1.80. The van der Waals surface area contributed by atoms with Crippen LogP contribution in [-0.4, -0.2) is 11.7 Å². The van der Waals surface area contributed by atoms with Gasteiger partial charge in [-0.05, 0) is 6.07 Å². The molecule has 3 nitrogen and oxygen atoms in total. The molecule has 0 aliphatic carbocycles. The zero-order valence-corrected chi connectivity index (χ0v) is 7.22. The third-order valence-electron chi connectivity index (χ3n) is 2.51. The normalized spacial score (nSPS) is 15.4. The predicted octanol–water partition coefficient (Wildman–Crippen LogP) is 1.64. The monoisotopic (exact) mass is 173 g/mol. The summed E-state index contributed by atoms with van der Waals surface area (Å²) in [6.07, 6.45) is 0. The van der Waals surface area contributed by atoms with Crippen LogP contribution in [0.4, 0.5) is 5.82 Å². The first-order chi connectivity index (χ1) is 6.45. The number of rotatable bonds is 0. The van der Waals surface area contributed by atoms with E-state index >= 15 is 0 Å². The Balaban J connectivity index is 2.34. The van der Waals surface area contributed by atoms with E-state index in [9.17, 15) is 0 Å². The Morgan fingerprint density at radius 2 is 2.08 bits per heavy atom. The Bertz CT molecular complexity index is 444. The minimum absolute atomic E-state index is 0.847. The minimum atomic E-state index is 0.847. The van der Waals surface area contributed by atoms with Gasteiger partial charge >= 0.3 is 0 Å². The van der Waals surface area contributed by atoms with Gasteiger partial charge < -0.3 is 10.3 Å². The molecule has 1 aromatic carbocycles. The van der Waals surface area contributed by atoms with Crippen molar-refractivity contribution in [1.29, 1.82) is 0 Å². The van der Waals surface area contributed by atoms with Crippen LogP contribution >= 0.6 is 0 Å². The van der Waals surface area contributed by atoms with Crippen molar-refractivity contribution < 1.29 is 0 Å². The van der Waals surface area contributed by atoms with Gasteiger partial charge in [0.25, 0.3) is 0 Å². The molecule has 0 radical (unpaired) electrons. The van der Waals surface area contributed by atoms with Crippen molar-refractivity contribution in [2.75, 3.05) is 12.0 Å². The smallest absolute Gasteiger partial charge is 0.109 e. The fourth-order valence-electron chi connectivity index (χ4n) is 1.87. The average molecular weight is 173 g/mol. The van der Waals surface area contributed by atoms with E-state index in [2.05, 4.69) is 39.9 Å². The van der Waals surface area contributed by atoms with E-state index in [1.807, 2.05) is 0 Å². The van der Waals surface area contributed by atoms with Crippen LogP contribution < -0.4 is 10.6 Å². The van der Waals surface area contributed by atoms with Crippen LogP contribution in [0.2, 0.25) is 0 Å². The molecule has 0 unspecified atom stereocenters. The number of aromatic amines is 1. The summed E-state index contributed by atoms with van der Waals surface area (Å²) >= 11 is 0. The van der Waals surface area contributed by atoms with Crippen LogP contribution in [0, 0.1) is 0 Å². The maximum absolute atomic E-state index is 3.36. The molecule has 3 rings (SSSR count). The lowest BCUT2D eigenvalue weighted by molar-refractivity contribution is 0.711. The fourth-order valence-corrected chi connectivity index (χ4v) is 1.87. The summed E-state index contributed by atoms with van der Waals surface area (Å²) in [7, 11) is 0. The zero-order chi connectivity index (χ0) is 8.67. The molecule has 3 N–H and O–H groups in total. The molecule has 0 amide bonds. The van der Waals surface area contributed by atoms with Crippen molar-refractivity contribution in [3.05, 3.63) is 29.8 Å². The Hall–Kier alpha value is -1.48. The van der Waals surface area contributed by atoms with Gasteiger partial charge in [-0.1, -0.05) is 18.2 Å². The molecule has 0 saturated heterocycles. The highest BCUT2D eigenvalue weighted by Gasteiger charge is 2.12. The van der Waals surface area contributed by atoms with Gasteiger partial charge in [0.1, 0.15) is 5.82 Å². The van der Waals surface area contributed by atoms with E-state index < -0.39 is 0 Å². The third kappa shape index (κ3) is 0.939. The summed E-state index contributed by atoms with van der Waals surface area (Å²) in [5, 5.41) is 7.89. The van der Waals surface area contributed by atoms with Crippen LogP contribution in [0.5, 0.6) is 0 Å². The van der Waals surface area contributed by atoms with Crippen molar-refractivity contribution in [1.82, 2.24) is 10.3 Å². The van der Waals surface area contributed by atoms with Crippen molar-refractivity contribution in [2.45, 2.75) is 6.54 Å². The topological polar surface area (TPSA) is 39.9 Å². The number of para-hydroxylation sites is 1. The number of nitrogens with one attached hydrogen (secondary N) is 3. The molecule has 1 aliphatic rings. The van der Waals surface area contributed by atoms with Crippen LogP contribution in [0.3, 0.4) is 0 Å². The lowest BCUT2D eigenvalue weighted by Crippen LogP contribution is -2.26. The highest BCUT2D eigenvalue weighted by atomic mass is 15.1. The highest BCUT2D eigenvalue weighted by Crippen LogP contribution is 2.27. The number of H-pyrrole nitrogens is 1. The van der Waals surface area contributed by atoms with Gasteiger partial charge in [0.15, 0.2) is 0 Å². The molecular weight excluding hydrogens is 162 g/mol. The standard InChI is InChI=1S/C10H11N3/c1-2-4-9-7(3-1)8-5-11-6-12-10(8)13-9/h1-4,11-13H,5-6H2. The molecule has 13 heavy (non-hydrogen) atoms. The molecule has 2 aromatic rings. The van der Waals surface area contributed by atoms with Gasteiger partial charge in [0, 0.05) is 23.0 Å². The number of fused-ring (bicyclic) bond motifs is 3. The summed E-state index contributed by atoms with van der Waals surface area (Å²) in [6, 6.07) is 8.39. The average Bonchev–Trinajstić information content (AvgIpc) is 2.56. The molecule has 0 bridgehead atoms. The molecule has 0 spiro atoms. The quantitative estimate of drug-likeness (QED) is 0.566. The molecule has 0 atom stereocenters. The molecule has 0 fully saturated rings. The van der Waals surface area contributed by atoms with Crippen LogP contribution in [0.25, 0.3) is 10.9 Å². The SMILES string of the molecule is c1ccc2c3c([nH]c2c1)NCNC3. The Kier molecular flexibility index (Phi) is 1.34. The predicted molar refractivity (Wildman–Crippen MR) is 53.6 cm³/mol. The Labute approximate surface area is 76.1 Å². The summed E-state index contributed by atoms with van der Waals surface area (Å²) in [5.41, 5.74) is 2.56. The number of benzene rings is 1. The summed E-state index contributed by atoms with van der Waals surface area (Å²) in [5.74, 6) is 1.17. The summed E-state index contributed by atoms with van der Waals surface area (Å²) in [4.78, 5) is 3.36. The van der Waals surface area contributed by atoms with E-state index in [-0.39, 0.29) is 0 Å².